The Morgan fingerprint density at radius 3 is 2.54 bits per heavy atom. The van der Waals surface area contributed by atoms with E-state index in [0.717, 1.165) is 22.3 Å². The molecule has 1 unspecified atom stereocenters. The zero-order chi connectivity index (χ0) is 18.8. The molecule has 0 aliphatic rings. The monoisotopic (exact) mass is 350 g/mol. The van der Waals surface area contributed by atoms with E-state index >= 15 is 0 Å². The average Bonchev–Trinajstić information content (AvgIpc) is 3.05. The Labute approximate surface area is 152 Å². The maximum atomic E-state index is 12.9. The minimum Gasteiger partial charge on any atom is -0.459 e. The van der Waals surface area contributed by atoms with E-state index in [0.29, 0.717) is 11.3 Å². The molecule has 134 valence electrons. The number of carbonyl (C=O) groups is 2. The van der Waals surface area contributed by atoms with Gasteiger partial charge >= 0.3 is 0 Å². The van der Waals surface area contributed by atoms with Gasteiger partial charge in [-0.25, -0.2) is 0 Å². The lowest BCUT2D eigenvalue weighted by Gasteiger charge is -2.23. The fraction of sp³-hybridized carbons (Fsp3) is 0.238. The summed E-state index contributed by atoms with van der Waals surface area (Å²) in [4.78, 5) is 25.9. The Hall–Kier alpha value is -3.08. The molecule has 0 saturated carbocycles. The van der Waals surface area contributed by atoms with Crippen LogP contribution in [0.15, 0.2) is 52.9 Å². The van der Waals surface area contributed by atoms with Crippen molar-refractivity contribution in [2.75, 3.05) is 12.4 Å². The lowest BCUT2D eigenvalue weighted by atomic mass is 10.1. The summed E-state index contributed by atoms with van der Waals surface area (Å²) in [6.07, 6.45) is 0. The molecule has 1 N–H and O–H groups in total. The predicted molar refractivity (Wildman–Crippen MR) is 102 cm³/mol. The normalized spacial score (nSPS) is 12.0. The molecular formula is C21H22N2O3. The molecule has 0 spiro atoms. The van der Waals surface area contributed by atoms with Gasteiger partial charge in [0.25, 0.3) is 5.91 Å². The highest BCUT2D eigenvalue weighted by Gasteiger charge is 2.22. The van der Waals surface area contributed by atoms with Gasteiger partial charge in [-0.1, -0.05) is 24.3 Å². The zero-order valence-electron chi connectivity index (χ0n) is 15.4. The highest BCUT2D eigenvalue weighted by atomic mass is 16.3. The second-order valence-corrected chi connectivity index (χ2v) is 6.49. The van der Waals surface area contributed by atoms with Gasteiger partial charge in [0.05, 0.1) is 6.04 Å². The average molecular weight is 350 g/mol. The maximum absolute atomic E-state index is 12.9. The van der Waals surface area contributed by atoms with E-state index in [1.54, 1.807) is 24.1 Å². The number of aryl methyl sites for hydroxylation is 1. The molecule has 2 aromatic carbocycles. The fourth-order valence-electron chi connectivity index (χ4n) is 2.86. The van der Waals surface area contributed by atoms with E-state index in [9.17, 15) is 9.59 Å². The zero-order valence-corrected chi connectivity index (χ0v) is 15.4. The van der Waals surface area contributed by atoms with Crippen LogP contribution >= 0.6 is 0 Å². The quantitative estimate of drug-likeness (QED) is 0.752. The third-order valence-electron chi connectivity index (χ3n) is 4.55. The maximum Gasteiger partial charge on any atom is 0.254 e. The summed E-state index contributed by atoms with van der Waals surface area (Å²) in [6, 6.07) is 14.8. The van der Waals surface area contributed by atoms with Crippen LogP contribution in [0.3, 0.4) is 0 Å². The largest absolute Gasteiger partial charge is 0.459 e. The number of anilines is 1. The van der Waals surface area contributed by atoms with Crippen LogP contribution < -0.4 is 5.32 Å². The molecule has 3 rings (SSSR count). The van der Waals surface area contributed by atoms with Crippen molar-refractivity contribution in [3.8, 4) is 0 Å². The molecular weight excluding hydrogens is 328 g/mol. The van der Waals surface area contributed by atoms with Crippen molar-refractivity contribution < 1.29 is 14.0 Å². The fourth-order valence-corrected chi connectivity index (χ4v) is 2.86. The predicted octanol–water partition coefficient (Wildman–Crippen LogP) is 4.53. The van der Waals surface area contributed by atoms with Crippen LogP contribution in [0.25, 0.3) is 11.0 Å². The van der Waals surface area contributed by atoms with Gasteiger partial charge in [0.2, 0.25) is 5.91 Å². The lowest BCUT2D eigenvalue weighted by molar-refractivity contribution is -0.114. The topological polar surface area (TPSA) is 62.6 Å². The summed E-state index contributed by atoms with van der Waals surface area (Å²) >= 11 is 0. The first-order chi connectivity index (χ1) is 12.4. The second-order valence-electron chi connectivity index (χ2n) is 6.49. The Kier molecular flexibility index (Phi) is 4.80. The van der Waals surface area contributed by atoms with Crippen molar-refractivity contribution in [2.24, 2.45) is 0 Å². The summed E-state index contributed by atoms with van der Waals surface area (Å²) in [5.41, 5.74) is 2.88. The SMILES string of the molecule is CC(=O)Nc1cc(C(=O)N(C)C(C)c2cc3ccccc3o2)ccc1C. The standard InChI is InChI=1S/C21H22N2O3/c1-13-9-10-17(11-18(13)22-15(3)24)21(25)23(4)14(2)20-12-16-7-5-6-8-19(16)26-20/h5-12,14H,1-4H3,(H,22,24). The van der Waals surface area contributed by atoms with Crippen LogP contribution in [-0.2, 0) is 4.79 Å². The van der Waals surface area contributed by atoms with Crippen molar-refractivity contribution in [1.82, 2.24) is 4.90 Å². The van der Waals surface area contributed by atoms with Crippen LogP contribution in [0, 0.1) is 6.92 Å². The van der Waals surface area contributed by atoms with Crippen molar-refractivity contribution in [3.05, 3.63) is 65.4 Å². The number of para-hydroxylation sites is 1. The van der Waals surface area contributed by atoms with E-state index < -0.39 is 0 Å². The molecule has 0 aliphatic heterocycles. The summed E-state index contributed by atoms with van der Waals surface area (Å²) in [5.74, 6) is 0.433. The first kappa shape index (κ1) is 17.7. The Morgan fingerprint density at radius 2 is 1.85 bits per heavy atom. The van der Waals surface area contributed by atoms with E-state index in [-0.39, 0.29) is 17.9 Å². The van der Waals surface area contributed by atoms with Crippen molar-refractivity contribution in [1.29, 1.82) is 0 Å². The van der Waals surface area contributed by atoms with Gasteiger partial charge in [-0.15, -0.1) is 0 Å². The van der Waals surface area contributed by atoms with Gasteiger partial charge < -0.3 is 14.6 Å². The van der Waals surface area contributed by atoms with Gasteiger partial charge in [0, 0.05) is 30.6 Å². The molecule has 1 heterocycles. The summed E-state index contributed by atoms with van der Waals surface area (Å²) < 4.78 is 5.88. The Bertz CT molecular complexity index is 941. The number of nitrogens with zero attached hydrogens (tertiary/aromatic N) is 1. The number of hydrogen-bond donors (Lipinski definition) is 1. The molecule has 3 aromatic rings. The Morgan fingerprint density at radius 1 is 1.12 bits per heavy atom. The number of benzene rings is 2. The summed E-state index contributed by atoms with van der Waals surface area (Å²) in [6.45, 7) is 5.27. The molecule has 5 heteroatoms. The number of amides is 2. The summed E-state index contributed by atoms with van der Waals surface area (Å²) in [5, 5.41) is 3.77. The van der Waals surface area contributed by atoms with Crippen LogP contribution in [0.2, 0.25) is 0 Å². The van der Waals surface area contributed by atoms with Gasteiger partial charge in [-0.2, -0.15) is 0 Å². The lowest BCUT2D eigenvalue weighted by Crippen LogP contribution is -2.29. The number of carbonyl (C=O) groups excluding carboxylic acids is 2. The van der Waals surface area contributed by atoms with E-state index in [2.05, 4.69) is 5.32 Å². The first-order valence-corrected chi connectivity index (χ1v) is 8.50. The third kappa shape index (κ3) is 3.47. The number of furan rings is 1. The van der Waals surface area contributed by atoms with Gasteiger partial charge in [0.15, 0.2) is 0 Å². The van der Waals surface area contributed by atoms with Crippen molar-refractivity contribution >= 4 is 28.5 Å². The molecule has 0 fully saturated rings. The molecule has 5 nitrogen and oxygen atoms in total. The second kappa shape index (κ2) is 7.04. The highest BCUT2D eigenvalue weighted by molar-refractivity contribution is 5.97. The minimum atomic E-state index is -0.222. The number of rotatable bonds is 4. The van der Waals surface area contributed by atoms with Crippen LogP contribution in [0.1, 0.15) is 41.6 Å². The molecule has 0 bridgehead atoms. The molecule has 2 amide bonds. The smallest absolute Gasteiger partial charge is 0.254 e. The van der Waals surface area contributed by atoms with E-state index in [4.69, 9.17) is 4.42 Å². The Balaban J connectivity index is 1.85. The number of hydrogen-bond acceptors (Lipinski definition) is 3. The first-order valence-electron chi connectivity index (χ1n) is 8.50. The van der Waals surface area contributed by atoms with Crippen LogP contribution in [0.5, 0.6) is 0 Å². The molecule has 0 aliphatic carbocycles. The van der Waals surface area contributed by atoms with Gasteiger partial charge in [-0.05, 0) is 43.7 Å². The number of nitrogens with one attached hydrogen (secondary N) is 1. The number of fused-ring (bicyclic) bond motifs is 1. The molecule has 26 heavy (non-hydrogen) atoms. The van der Waals surface area contributed by atoms with Gasteiger partial charge in [-0.3, -0.25) is 9.59 Å². The van der Waals surface area contributed by atoms with Crippen LogP contribution in [-0.4, -0.2) is 23.8 Å². The molecule has 1 atom stereocenters. The molecule has 1 aromatic heterocycles. The minimum absolute atomic E-state index is 0.135. The molecule has 0 saturated heterocycles. The third-order valence-corrected chi connectivity index (χ3v) is 4.55. The van der Waals surface area contributed by atoms with Gasteiger partial charge in [0.1, 0.15) is 11.3 Å². The van der Waals surface area contributed by atoms with Crippen molar-refractivity contribution in [3.63, 3.8) is 0 Å². The van der Waals surface area contributed by atoms with Crippen LogP contribution in [0.4, 0.5) is 5.69 Å². The van der Waals surface area contributed by atoms with E-state index in [1.807, 2.05) is 50.2 Å². The summed E-state index contributed by atoms with van der Waals surface area (Å²) in [7, 11) is 1.75. The van der Waals surface area contributed by atoms with E-state index in [1.165, 1.54) is 6.92 Å². The highest BCUT2D eigenvalue weighted by Crippen LogP contribution is 2.28. The molecule has 0 radical (unpaired) electrons. The van der Waals surface area contributed by atoms with Crippen molar-refractivity contribution in [2.45, 2.75) is 26.8 Å².